The Kier molecular flexibility index (Phi) is 5.02. The fourth-order valence-corrected chi connectivity index (χ4v) is 2.94. The lowest BCUT2D eigenvalue weighted by atomic mass is 10.1. The summed E-state index contributed by atoms with van der Waals surface area (Å²) in [6.07, 6.45) is -1.08. The number of urea groups is 1. The molecule has 140 valence electrons. The second kappa shape index (κ2) is 7.40. The Morgan fingerprint density at radius 1 is 1.22 bits per heavy atom. The van der Waals surface area contributed by atoms with Crippen LogP contribution in [0.5, 0.6) is 5.75 Å². The van der Waals surface area contributed by atoms with E-state index in [2.05, 4.69) is 4.74 Å². The van der Waals surface area contributed by atoms with Gasteiger partial charge in [-0.15, -0.1) is 0 Å². The molecular formula is C18H14F2N2O5. The Morgan fingerprint density at radius 2 is 1.93 bits per heavy atom. The monoisotopic (exact) mass is 376 g/mol. The molecule has 1 heterocycles. The van der Waals surface area contributed by atoms with Gasteiger partial charge in [0.25, 0.3) is 0 Å². The molecular weight excluding hydrogens is 362 g/mol. The highest BCUT2D eigenvalue weighted by molar-refractivity contribution is 6.03. The predicted molar refractivity (Wildman–Crippen MR) is 90.3 cm³/mol. The van der Waals surface area contributed by atoms with Crippen molar-refractivity contribution in [1.82, 2.24) is 4.90 Å². The van der Waals surface area contributed by atoms with Crippen molar-refractivity contribution in [3.8, 4) is 5.75 Å². The lowest BCUT2D eigenvalue weighted by Gasteiger charge is -2.18. The largest absolute Gasteiger partial charge is 0.465 e. The van der Waals surface area contributed by atoms with Crippen LogP contribution >= 0.6 is 0 Å². The highest BCUT2D eigenvalue weighted by Gasteiger charge is 2.43. The zero-order valence-electron chi connectivity index (χ0n) is 13.8. The second-order valence-corrected chi connectivity index (χ2v) is 5.69. The van der Waals surface area contributed by atoms with Crippen LogP contribution in [0.4, 0.5) is 24.1 Å². The van der Waals surface area contributed by atoms with Crippen molar-refractivity contribution in [2.75, 3.05) is 11.4 Å². The molecule has 7 nitrogen and oxygen atoms in total. The van der Waals surface area contributed by atoms with E-state index in [0.717, 1.165) is 11.0 Å². The van der Waals surface area contributed by atoms with E-state index in [0.29, 0.717) is 16.7 Å². The van der Waals surface area contributed by atoms with Crippen molar-refractivity contribution >= 4 is 24.1 Å². The Morgan fingerprint density at radius 3 is 2.52 bits per heavy atom. The Hall–Kier alpha value is -3.49. The van der Waals surface area contributed by atoms with Crippen LogP contribution in [-0.4, -0.2) is 41.6 Å². The van der Waals surface area contributed by atoms with E-state index in [1.165, 1.54) is 12.1 Å². The number of aldehydes is 1. The standard InChI is InChI=1S/C18H14F2N2O5/c19-16(20)27-15-8-13(7-6-12(15)10-23)21-9-14(11-4-2-1-3-5-11)22(17(21)24)18(25)26/h1-8,10,14,16H,9H2,(H,25,26). The van der Waals surface area contributed by atoms with Crippen LogP contribution in [0.15, 0.2) is 48.5 Å². The summed E-state index contributed by atoms with van der Waals surface area (Å²) in [4.78, 5) is 37.0. The molecule has 0 spiro atoms. The maximum atomic E-state index is 12.6. The van der Waals surface area contributed by atoms with Crippen LogP contribution in [0.1, 0.15) is 22.0 Å². The first-order valence-corrected chi connectivity index (χ1v) is 7.85. The van der Waals surface area contributed by atoms with E-state index in [1.807, 2.05) is 0 Å². The van der Waals surface area contributed by atoms with Gasteiger partial charge < -0.3 is 9.84 Å². The van der Waals surface area contributed by atoms with Crippen LogP contribution in [0.2, 0.25) is 0 Å². The number of amides is 3. The third kappa shape index (κ3) is 3.57. The average Bonchev–Trinajstić information content (AvgIpc) is 2.99. The van der Waals surface area contributed by atoms with Gasteiger partial charge in [-0.2, -0.15) is 8.78 Å². The van der Waals surface area contributed by atoms with Gasteiger partial charge in [-0.25, -0.2) is 14.5 Å². The minimum absolute atomic E-state index is 0.0102. The smallest absolute Gasteiger partial charge is 0.416 e. The first-order chi connectivity index (χ1) is 12.9. The molecule has 1 saturated heterocycles. The van der Waals surface area contributed by atoms with Gasteiger partial charge in [-0.05, 0) is 17.7 Å². The molecule has 0 aliphatic carbocycles. The van der Waals surface area contributed by atoms with E-state index < -0.39 is 30.5 Å². The summed E-state index contributed by atoms with van der Waals surface area (Å²) in [5.41, 5.74) is 0.649. The predicted octanol–water partition coefficient (Wildman–Crippen LogP) is 3.76. The number of carbonyl (C=O) groups excluding carboxylic acids is 2. The third-order valence-corrected chi connectivity index (χ3v) is 4.15. The summed E-state index contributed by atoms with van der Waals surface area (Å²) in [6.45, 7) is -3.16. The number of carbonyl (C=O) groups is 3. The lowest BCUT2D eigenvalue weighted by Crippen LogP contribution is -2.36. The maximum Gasteiger partial charge on any atom is 0.416 e. The first-order valence-electron chi connectivity index (χ1n) is 7.85. The summed E-state index contributed by atoms with van der Waals surface area (Å²) in [7, 11) is 0. The van der Waals surface area contributed by atoms with Gasteiger partial charge in [-0.1, -0.05) is 30.3 Å². The number of hydrogen-bond donors (Lipinski definition) is 1. The second-order valence-electron chi connectivity index (χ2n) is 5.69. The molecule has 3 rings (SSSR count). The van der Waals surface area contributed by atoms with Crippen molar-refractivity contribution < 1.29 is 33.0 Å². The SMILES string of the molecule is O=Cc1ccc(N2CC(c3ccccc3)N(C(=O)O)C2=O)cc1OC(F)F. The third-order valence-electron chi connectivity index (χ3n) is 4.15. The van der Waals surface area contributed by atoms with Gasteiger partial charge in [0.2, 0.25) is 0 Å². The number of imide groups is 1. The van der Waals surface area contributed by atoms with E-state index in [-0.39, 0.29) is 17.8 Å². The number of nitrogens with zero attached hydrogens (tertiary/aromatic N) is 2. The topological polar surface area (TPSA) is 87.2 Å². The van der Waals surface area contributed by atoms with E-state index in [1.54, 1.807) is 30.3 Å². The highest BCUT2D eigenvalue weighted by atomic mass is 19.3. The Balaban J connectivity index is 1.98. The fourth-order valence-electron chi connectivity index (χ4n) is 2.94. The molecule has 2 aromatic rings. The molecule has 2 aromatic carbocycles. The number of anilines is 1. The molecule has 1 fully saturated rings. The number of carboxylic acid groups (broad SMARTS) is 1. The lowest BCUT2D eigenvalue weighted by molar-refractivity contribution is -0.0500. The Bertz CT molecular complexity index is 875. The van der Waals surface area contributed by atoms with Crippen LogP contribution in [-0.2, 0) is 0 Å². The minimum Gasteiger partial charge on any atom is -0.465 e. The fraction of sp³-hybridized carbons (Fsp3) is 0.167. The van der Waals surface area contributed by atoms with Crippen molar-refractivity contribution in [3.63, 3.8) is 0 Å². The van der Waals surface area contributed by atoms with Crippen molar-refractivity contribution in [1.29, 1.82) is 0 Å². The van der Waals surface area contributed by atoms with Crippen molar-refractivity contribution in [2.24, 2.45) is 0 Å². The van der Waals surface area contributed by atoms with Crippen LogP contribution in [0, 0.1) is 0 Å². The number of hydrogen-bond acceptors (Lipinski definition) is 4. The zero-order chi connectivity index (χ0) is 19.6. The number of benzene rings is 2. The van der Waals surface area contributed by atoms with Gasteiger partial charge in [0, 0.05) is 11.8 Å². The molecule has 27 heavy (non-hydrogen) atoms. The highest BCUT2D eigenvalue weighted by Crippen LogP contribution is 2.35. The zero-order valence-corrected chi connectivity index (χ0v) is 13.8. The summed E-state index contributed by atoms with van der Waals surface area (Å²) >= 11 is 0. The summed E-state index contributed by atoms with van der Waals surface area (Å²) in [5, 5.41) is 9.44. The molecule has 9 heteroatoms. The molecule has 1 atom stereocenters. The van der Waals surface area contributed by atoms with E-state index >= 15 is 0 Å². The maximum absolute atomic E-state index is 12.6. The van der Waals surface area contributed by atoms with Gasteiger partial charge in [-0.3, -0.25) is 9.69 Å². The molecule has 0 aromatic heterocycles. The molecule has 3 amide bonds. The number of rotatable bonds is 5. The van der Waals surface area contributed by atoms with E-state index in [9.17, 15) is 28.3 Å². The quantitative estimate of drug-likeness (QED) is 0.803. The van der Waals surface area contributed by atoms with Gasteiger partial charge in [0.1, 0.15) is 5.75 Å². The molecule has 0 bridgehead atoms. The number of alkyl halides is 2. The van der Waals surface area contributed by atoms with Crippen LogP contribution < -0.4 is 9.64 Å². The van der Waals surface area contributed by atoms with Gasteiger partial charge in [0.15, 0.2) is 6.29 Å². The molecule has 1 aliphatic heterocycles. The van der Waals surface area contributed by atoms with Crippen LogP contribution in [0.25, 0.3) is 0 Å². The van der Waals surface area contributed by atoms with Gasteiger partial charge in [0.05, 0.1) is 18.2 Å². The van der Waals surface area contributed by atoms with Crippen molar-refractivity contribution in [3.05, 3.63) is 59.7 Å². The van der Waals surface area contributed by atoms with E-state index in [4.69, 9.17) is 0 Å². The summed E-state index contributed by atoms with van der Waals surface area (Å²) in [5.74, 6) is -0.393. The van der Waals surface area contributed by atoms with Crippen LogP contribution in [0.3, 0.4) is 0 Å². The number of ether oxygens (including phenoxy) is 1. The molecule has 1 N–H and O–H groups in total. The summed E-state index contributed by atoms with van der Waals surface area (Å²) in [6, 6.07) is 10.7. The Labute approximate surface area is 152 Å². The summed E-state index contributed by atoms with van der Waals surface area (Å²) < 4.78 is 29.5. The minimum atomic E-state index is -3.15. The van der Waals surface area contributed by atoms with Crippen molar-refractivity contribution in [2.45, 2.75) is 12.7 Å². The molecule has 1 aliphatic rings. The molecule has 0 radical (unpaired) electrons. The molecule has 1 unspecified atom stereocenters. The molecule has 0 saturated carbocycles. The number of halogens is 2. The van der Waals surface area contributed by atoms with Gasteiger partial charge >= 0.3 is 18.7 Å². The average molecular weight is 376 g/mol. The normalized spacial score (nSPS) is 16.7. The first kappa shape index (κ1) is 18.3.